The van der Waals surface area contributed by atoms with Crippen LogP contribution < -0.4 is 5.32 Å². The number of hydrogen-bond donors (Lipinski definition) is 1. The summed E-state index contributed by atoms with van der Waals surface area (Å²) in [6, 6.07) is 5.53. The van der Waals surface area contributed by atoms with Gasteiger partial charge in [-0.05, 0) is 18.2 Å². The van der Waals surface area contributed by atoms with Crippen LogP contribution in [0.5, 0.6) is 0 Å². The van der Waals surface area contributed by atoms with Crippen molar-refractivity contribution in [1.82, 2.24) is 4.98 Å². The van der Waals surface area contributed by atoms with Crippen molar-refractivity contribution in [2.45, 2.75) is 0 Å². The Morgan fingerprint density at radius 1 is 1.19 bits per heavy atom. The van der Waals surface area contributed by atoms with E-state index in [0.29, 0.717) is 10.7 Å². The molecule has 2 aromatic rings. The molecule has 0 bridgehead atoms. The molecule has 0 spiro atoms. The zero-order valence-electron chi connectivity index (χ0n) is 10.1. The van der Waals surface area contributed by atoms with Gasteiger partial charge < -0.3 is 5.32 Å². The van der Waals surface area contributed by atoms with Gasteiger partial charge in [0.2, 0.25) is 0 Å². The number of carbonyl (C=O) groups is 1. The number of nitro groups is 1. The Morgan fingerprint density at radius 2 is 1.90 bits per heavy atom. The molecule has 2 rings (SSSR count). The SMILES string of the molecule is O=C(Nc1ccc(Cl)c(Cl)c1)c1cc([N+](=O)[O-])cnc1Cl. The Kier molecular flexibility index (Phi) is 4.62. The van der Waals surface area contributed by atoms with Gasteiger partial charge in [0.15, 0.2) is 0 Å². The predicted octanol–water partition coefficient (Wildman–Crippen LogP) is 4.20. The van der Waals surface area contributed by atoms with E-state index in [4.69, 9.17) is 34.8 Å². The lowest BCUT2D eigenvalue weighted by Gasteiger charge is -2.07. The maximum Gasteiger partial charge on any atom is 0.288 e. The number of rotatable bonds is 3. The summed E-state index contributed by atoms with van der Waals surface area (Å²) >= 11 is 17.4. The quantitative estimate of drug-likeness (QED) is 0.512. The first-order valence-corrected chi connectivity index (χ1v) is 6.58. The molecular weight excluding hydrogens is 341 g/mol. The van der Waals surface area contributed by atoms with E-state index in [2.05, 4.69) is 10.3 Å². The van der Waals surface area contributed by atoms with Crippen LogP contribution in [0.1, 0.15) is 10.4 Å². The molecule has 0 unspecified atom stereocenters. The first kappa shape index (κ1) is 15.5. The number of nitrogens with zero attached hydrogens (tertiary/aromatic N) is 2. The Labute approximate surface area is 133 Å². The summed E-state index contributed by atoms with van der Waals surface area (Å²) in [5, 5.41) is 13.6. The van der Waals surface area contributed by atoms with Crippen LogP contribution in [0.25, 0.3) is 0 Å². The van der Waals surface area contributed by atoms with Crippen molar-refractivity contribution < 1.29 is 9.72 Å². The van der Waals surface area contributed by atoms with E-state index in [1.165, 1.54) is 18.2 Å². The maximum absolute atomic E-state index is 12.1. The number of halogens is 3. The van der Waals surface area contributed by atoms with Crippen molar-refractivity contribution in [3.05, 3.63) is 61.3 Å². The molecule has 1 heterocycles. The third-order valence-corrected chi connectivity index (χ3v) is 3.50. The average molecular weight is 347 g/mol. The van der Waals surface area contributed by atoms with E-state index in [0.717, 1.165) is 12.3 Å². The van der Waals surface area contributed by atoms with Crippen LogP contribution in [-0.4, -0.2) is 15.8 Å². The summed E-state index contributed by atoms with van der Waals surface area (Å²) in [6.07, 6.45) is 0.971. The molecule has 108 valence electrons. The van der Waals surface area contributed by atoms with Gasteiger partial charge in [0.1, 0.15) is 11.3 Å². The van der Waals surface area contributed by atoms with Gasteiger partial charge in [-0.3, -0.25) is 14.9 Å². The molecule has 1 N–H and O–H groups in total. The molecule has 6 nitrogen and oxygen atoms in total. The smallest absolute Gasteiger partial charge is 0.288 e. The first-order chi connectivity index (χ1) is 9.88. The third-order valence-electron chi connectivity index (χ3n) is 2.46. The van der Waals surface area contributed by atoms with Crippen LogP contribution in [0.3, 0.4) is 0 Å². The molecule has 1 aromatic carbocycles. The van der Waals surface area contributed by atoms with Gasteiger partial charge in [0.05, 0.1) is 20.5 Å². The van der Waals surface area contributed by atoms with Crippen LogP contribution in [0, 0.1) is 10.1 Å². The largest absolute Gasteiger partial charge is 0.322 e. The number of aromatic nitrogens is 1. The average Bonchev–Trinajstić information content (AvgIpc) is 2.43. The summed E-state index contributed by atoms with van der Waals surface area (Å²) in [4.78, 5) is 25.7. The number of pyridine rings is 1. The molecule has 0 aliphatic heterocycles. The molecule has 0 aliphatic rings. The minimum Gasteiger partial charge on any atom is -0.322 e. The van der Waals surface area contributed by atoms with Gasteiger partial charge in [-0.15, -0.1) is 0 Å². The third kappa shape index (κ3) is 3.60. The van der Waals surface area contributed by atoms with Crippen LogP contribution in [0.15, 0.2) is 30.5 Å². The normalized spacial score (nSPS) is 10.2. The second kappa shape index (κ2) is 6.26. The van der Waals surface area contributed by atoms with Crippen molar-refractivity contribution in [2.24, 2.45) is 0 Å². The minimum atomic E-state index is -0.667. The summed E-state index contributed by atoms with van der Waals surface area (Å²) in [7, 11) is 0. The standard InChI is InChI=1S/C12H6Cl3N3O3/c13-9-2-1-6(3-10(9)14)17-12(19)8-4-7(18(20)21)5-16-11(8)15/h1-5H,(H,17,19). The van der Waals surface area contributed by atoms with Crippen molar-refractivity contribution >= 4 is 52.1 Å². The number of benzene rings is 1. The number of carbonyl (C=O) groups excluding carboxylic acids is 1. The highest BCUT2D eigenvalue weighted by atomic mass is 35.5. The Balaban J connectivity index is 2.29. The second-order valence-electron chi connectivity index (χ2n) is 3.87. The predicted molar refractivity (Wildman–Crippen MR) is 80.3 cm³/mol. The van der Waals surface area contributed by atoms with Gasteiger partial charge >= 0.3 is 0 Å². The van der Waals surface area contributed by atoms with E-state index < -0.39 is 10.8 Å². The van der Waals surface area contributed by atoms with Gasteiger partial charge in [-0.2, -0.15) is 0 Å². The lowest BCUT2D eigenvalue weighted by Crippen LogP contribution is -2.13. The summed E-state index contributed by atoms with van der Waals surface area (Å²) in [5.74, 6) is -0.644. The van der Waals surface area contributed by atoms with Crippen LogP contribution in [-0.2, 0) is 0 Å². The van der Waals surface area contributed by atoms with Crippen LogP contribution in [0.2, 0.25) is 15.2 Å². The van der Waals surface area contributed by atoms with Crippen molar-refractivity contribution in [2.75, 3.05) is 5.32 Å². The molecule has 0 aliphatic carbocycles. The van der Waals surface area contributed by atoms with E-state index in [1.54, 1.807) is 0 Å². The molecule has 9 heteroatoms. The van der Waals surface area contributed by atoms with Crippen molar-refractivity contribution in [3.63, 3.8) is 0 Å². The lowest BCUT2D eigenvalue weighted by atomic mass is 10.2. The number of hydrogen-bond acceptors (Lipinski definition) is 4. The van der Waals surface area contributed by atoms with Gasteiger partial charge in [-0.25, -0.2) is 4.98 Å². The van der Waals surface area contributed by atoms with Crippen LogP contribution in [0.4, 0.5) is 11.4 Å². The molecule has 21 heavy (non-hydrogen) atoms. The van der Waals surface area contributed by atoms with Crippen molar-refractivity contribution in [1.29, 1.82) is 0 Å². The van der Waals surface area contributed by atoms with Crippen LogP contribution >= 0.6 is 34.8 Å². The van der Waals surface area contributed by atoms with Gasteiger partial charge in [-0.1, -0.05) is 34.8 Å². The maximum atomic E-state index is 12.1. The zero-order chi connectivity index (χ0) is 15.6. The molecule has 1 amide bonds. The fourth-order valence-electron chi connectivity index (χ4n) is 1.47. The highest BCUT2D eigenvalue weighted by molar-refractivity contribution is 6.42. The van der Waals surface area contributed by atoms with E-state index in [-0.39, 0.29) is 21.4 Å². The molecule has 0 saturated carbocycles. The van der Waals surface area contributed by atoms with Gasteiger partial charge in [0.25, 0.3) is 11.6 Å². The highest BCUT2D eigenvalue weighted by Crippen LogP contribution is 2.26. The second-order valence-corrected chi connectivity index (χ2v) is 5.04. The molecular formula is C12H6Cl3N3O3. The summed E-state index contributed by atoms with van der Waals surface area (Å²) < 4.78 is 0. The lowest BCUT2D eigenvalue weighted by molar-refractivity contribution is -0.385. The Bertz CT molecular complexity index is 737. The summed E-state index contributed by atoms with van der Waals surface area (Å²) in [6.45, 7) is 0. The zero-order valence-corrected chi connectivity index (χ0v) is 12.4. The fraction of sp³-hybridized carbons (Fsp3) is 0. The molecule has 0 fully saturated rings. The highest BCUT2D eigenvalue weighted by Gasteiger charge is 2.17. The molecule has 0 atom stereocenters. The van der Waals surface area contributed by atoms with E-state index in [1.807, 2.05) is 0 Å². The molecule has 1 aromatic heterocycles. The monoisotopic (exact) mass is 345 g/mol. The minimum absolute atomic E-state index is 0.114. The number of anilines is 1. The number of nitrogens with one attached hydrogen (secondary N) is 1. The number of amides is 1. The van der Waals surface area contributed by atoms with Crippen molar-refractivity contribution in [3.8, 4) is 0 Å². The Morgan fingerprint density at radius 3 is 2.52 bits per heavy atom. The van der Waals surface area contributed by atoms with Gasteiger partial charge in [0, 0.05) is 11.8 Å². The molecule has 0 radical (unpaired) electrons. The van der Waals surface area contributed by atoms with E-state index >= 15 is 0 Å². The van der Waals surface area contributed by atoms with E-state index in [9.17, 15) is 14.9 Å². The Hall–Kier alpha value is -1.89. The summed E-state index contributed by atoms with van der Waals surface area (Å²) in [5.41, 5.74) is -0.0763. The first-order valence-electron chi connectivity index (χ1n) is 5.45. The molecule has 0 saturated heterocycles. The fourth-order valence-corrected chi connectivity index (χ4v) is 1.96. The topological polar surface area (TPSA) is 85.1 Å².